The van der Waals surface area contributed by atoms with Gasteiger partial charge in [-0.3, -0.25) is 4.79 Å². The Labute approximate surface area is 128 Å². The van der Waals surface area contributed by atoms with Gasteiger partial charge in [0.1, 0.15) is 4.90 Å². The first-order valence-corrected chi connectivity index (χ1v) is 8.00. The van der Waals surface area contributed by atoms with Crippen molar-refractivity contribution in [3.05, 3.63) is 22.7 Å². The molecule has 0 aliphatic rings. The van der Waals surface area contributed by atoms with E-state index in [2.05, 4.69) is 5.32 Å². The van der Waals surface area contributed by atoms with Crippen LogP contribution in [0.3, 0.4) is 0 Å². The van der Waals surface area contributed by atoms with Crippen molar-refractivity contribution in [2.45, 2.75) is 11.8 Å². The Balaban J connectivity index is 3.12. The molecule has 1 amide bonds. The van der Waals surface area contributed by atoms with Gasteiger partial charge < -0.3 is 14.8 Å². The molecule has 0 saturated carbocycles. The number of sulfonamides is 1. The topological polar surface area (TPSA) is 108 Å². The molecule has 0 bridgehead atoms. The highest BCUT2D eigenvalue weighted by atomic mass is 35.5. The molecule has 7 nitrogen and oxygen atoms in total. The first kappa shape index (κ1) is 17.7. The van der Waals surface area contributed by atoms with Crippen molar-refractivity contribution in [2.24, 2.45) is 5.14 Å². The minimum Gasteiger partial charge on any atom is -0.494 e. The van der Waals surface area contributed by atoms with Crippen LogP contribution in [0.4, 0.5) is 0 Å². The second kappa shape index (κ2) is 7.60. The highest BCUT2D eigenvalue weighted by molar-refractivity contribution is 7.89. The molecular weight excluding hydrogens is 320 g/mol. The molecule has 0 unspecified atom stereocenters. The molecule has 21 heavy (non-hydrogen) atoms. The lowest BCUT2D eigenvalue weighted by Gasteiger charge is -2.13. The maximum absolute atomic E-state index is 12.1. The van der Waals surface area contributed by atoms with E-state index in [1.54, 1.807) is 0 Å². The fourth-order valence-corrected chi connectivity index (χ4v) is 2.66. The second-order valence-electron chi connectivity index (χ2n) is 3.98. The number of carbonyl (C=O) groups excluding carboxylic acids is 1. The summed E-state index contributed by atoms with van der Waals surface area (Å²) in [7, 11) is -2.82. The largest absolute Gasteiger partial charge is 0.494 e. The van der Waals surface area contributed by atoms with Gasteiger partial charge in [-0.2, -0.15) is 0 Å². The molecule has 0 radical (unpaired) electrons. The van der Waals surface area contributed by atoms with Crippen molar-refractivity contribution in [3.63, 3.8) is 0 Å². The van der Waals surface area contributed by atoms with Crippen molar-refractivity contribution < 1.29 is 22.7 Å². The van der Waals surface area contributed by atoms with Crippen LogP contribution in [-0.2, 0) is 14.8 Å². The van der Waals surface area contributed by atoms with E-state index < -0.39 is 15.9 Å². The highest BCUT2D eigenvalue weighted by Crippen LogP contribution is 2.31. The molecule has 1 rings (SSSR count). The van der Waals surface area contributed by atoms with Gasteiger partial charge in [0.25, 0.3) is 5.91 Å². The third kappa shape index (κ3) is 4.85. The monoisotopic (exact) mass is 336 g/mol. The Morgan fingerprint density at radius 3 is 2.62 bits per heavy atom. The predicted octanol–water partition coefficient (Wildman–Crippen LogP) is 0.762. The summed E-state index contributed by atoms with van der Waals surface area (Å²) in [6, 6.07) is 2.44. The van der Waals surface area contributed by atoms with E-state index in [1.807, 2.05) is 6.92 Å². The van der Waals surface area contributed by atoms with Crippen LogP contribution < -0.4 is 15.2 Å². The number of carbonyl (C=O) groups is 1. The smallest absolute Gasteiger partial charge is 0.255 e. The standard InChI is InChI=1S/C12H17ClN2O5S/c1-3-20-5-4-15-12(16)9-6-8(13)7-10(11(9)19-2)21(14,17)18/h6-7H,3-5H2,1-2H3,(H,15,16)(H2,14,17,18). The molecule has 1 aromatic rings. The lowest BCUT2D eigenvalue weighted by atomic mass is 10.2. The number of primary sulfonamides is 1. The SMILES string of the molecule is CCOCCNC(=O)c1cc(Cl)cc(S(N)(=O)=O)c1OC. The fourth-order valence-electron chi connectivity index (χ4n) is 1.64. The van der Waals surface area contributed by atoms with Gasteiger partial charge in [-0.25, -0.2) is 13.6 Å². The molecule has 9 heteroatoms. The van der Waals surface area contributed by atoms with Gasteiger partial charge in [0, 0.05) is 18.2 Å². The zero-order chi connectivity index (χ0) is 16.0. The molecule has 1 aromatic carbocycles. The molecule has 118 valence electrons. The number of benzene rings is 1. The number of rotatable bonds is 7. The van der Waals surface area contributed by atoms with E-state index in [4.69, 9.17) is 26.2 Å². The number of halogens is 1. The predicted molar refractivity (Wildman–Crippen MR) is 78.2 cm³/mol. The van der Waals surface area contributed by atoms with E-state index >= 15 is 0 Å². The van der Waals surface area contributed by atoms with Gasteiger partial charge in [-0.05, 0) is 19.1 Å². The number of hydrogen-bond acceptors (Lipinski definition) is 5. The number of nitrogens with one attached hydrogen (secondary N) is 1. The van der Waals surface area contributed by atoms with Crippen molar-refractivity contribution in [2.75, 3.05) is 26.9 Å². The van der Waals surface area contributed by atoms with Crippen LogP contribution >= 0.6 is 11.6 Å². The van der Waals surface area contributed by atoms with E-state index in [-0.39, 0.29) is 27.8 Å². The number of ether oxygens (including phenoxy) is 2. The molecule has 0 atom stereocenters. The van der Waals surface area contributed by atoms with Gasteiger partial charge >= 0.3 is 0 Å². The molecule has 0 saturated heterocycles. The number of hydrogen-bond donors (Lipinski definition) is 2. The summed E-state index contributed by atoms with van der Waals surface area (Å²) in [5, 5.41) is 7.73. The van der Waals surface area contributed by atoms with Crippen molar-refractivity contribution in [1.29, 1.82) is 0 Å². The van der Waals surface area contributed by atoms with Crippen LogP contribution in [0.15, 0.2) is 17.0 Å². The highest BCUT2D eigenvalue weighted by Gasteiger charge is 2.23. The van der Waals surface area contributed by atoms with E-state index in [9.17, 15) is 13.2 Å². The quantitative estimate of drug-likeness (QED) is 0.715. The zero-order valence-corrected chi connectivity index (χ0v) is 13.3. The molecular formula is C12H17ClN2O5S. The van der Waals surface area contributed by atoms with Crippen LogP contribution in [-0.4, -0.2) is 41.2 Å². The molecule has 0 fully saturated rings. The minimum absolute atomic E-state index is 0.00877. The van der Waals surface area contributed by atoms with Crippen LogP contribution in [0, 0.1) is 0 Å². The molecule has 0 aliphatic heterocycles. The molecule has 0 heterocycles. The lowest BCUT2D eigenvalue weighted by molar-refractivity contribution is 0.0919. The number of methoxy groups -OCH3 is 1. The summed E-state index contributed by atoms with van der Waals surface area (Å²) in [5.41, 5.74) is -0.00877. The maximum Gasteiger partial charge on any atom is 0.255 e. The normalized spacial score (nSPS) is 11.2. The van der Waals surface area contributed by atoms with E-state index in [1.165, 1.54) is 13.2 Å². The zero-order valence-electron chi connectivity index (χ0n) is 11.7. The summed E-state index contributed by atoms with van der Waals surface area (Å²) in [4.78, 5) is 11.7. The second-order valence-corrected chi connectivity index (χ2v) is 5.95. The Morgan fingerprint density at radius 1 is 1.43 bits per heavy atom. The maximum atomic E-state index is 12.1. The van der Waals surface area contributed by atoms with Crippen LogP contribution in [0.5, 0.6) is 5.75 Å². The summed E-state index contributed by atoms with van der Waals surface area (Å²) >= 11 is 5.83. The first-order valence-electron chi connectivity index (χ1n) is 6.07. The first-order chi connectivity index (χ1) is 9.81. The van der Waals surface area contributed by atoms with Crippen LogP contribution in [0.25, 0.3) is 0 Å². The third-order valence-corrected chi connectivity index (χ3v) is 3.65. The summed E-state index contributed by atoms with van der Waals surface area (Å²) in [5.74, 6) is -0.672. The van der Waals surface area contributed by atoms with Gasteiger partial charge in [0.15, 0.2) is 5.75 Å². The van der Waals surface area contributed by atoms with Crippen molar-refractivity contribution in [3.8, 4) is 5.75 Å². The number of nitrogens with two attached hydrogens (primary N) is 1. The average Bonchev–Trinajstić information content (AvgIpc) is 2.41. The number of amides is 1. The summed E-state index contributed by atoms with van der Waals surface area (Å²) in [6.07, 6.45) is 0. The van der Waals surface area contributed by atoms with E-state index in [0.29, 0.717) is 13.2 Å². The van der Waals surface area contributed by atoms with Crippen LogP contribution in [0.2, 0.25) is 5.02 Å². The van der Waals surface area contributed by atoms with Gasteiger partial charge in [0.2, 0.25) is 10.0 Å². The Kier molecular flexibility index (Phi) is 6.41. The van der Waals surface area contributed by atoms with Gasteiger partial charge in [-0.1, -0.05) is 11.6 Å². The molecule has 0 aromatic heterocycles. The average molecular weight is 337 g/mol. The molecule has 3 N–H and O–H groups in total. The van der Waals surface area contributed by atoms with Gasteiger partial charge in [-0.15, -0.1) is 0 Å². The minimum atomic E-state index is -4.07. The van der Waals surface area contributed by atoms with Crippen molar-refractivity contribution in [1.82, 2.24) is 5.32 Å². The molecule has 0 spiro atoms. The fraction of sp³-hybridized carbons (Fsp3) is 0.417. The molecule has 0 aliphatic carbocycles. The van der Waals surface area contributed by atoms with E-state index in [0.717, 1.165) is 6.07 Å². The Morgan fingerprint density at radius 2 is 2.10 bits per heavy atom. The third-order valence-electron chi connectivity index (χ3n) is 2.51. The van der Waals surface area contributed by atoms with Crippen molar-refractivity contribution >= 4 is 27.5 Å². The Bertz CT molecular complexity index is 618. The summed E-state index contributed by atoms with van der Waals surface area (Å²) in [6.45, 7) is 2.98. The van der Waals surface area contributed by atoms with Gasteiger partial charge in [0.05, 0.1) is 19.3 Å². The Hall–Kier alpha value is -1.35. The van der Waals surface area contributed by atoms with Crippen LogP contribution in [0.1, 0.15) is 17.3 Å². The lowest BCUT2D eigenvalue weighted by Crippen LogP contribution is -2.28. The summed E-state index contributed by atoms with van der Waals surface area (Å²) < 4.78 is 33.1.